The van der Waals surface area contributed by atoms with Gasteiger partial charge in [0, 0.05) is 25.7 Å². The van der Waals surface area contributed by atoms with Gasteiger partial charge in [-0.25, -0.2) is 0 Å². The van der Waals surface area contributed by atoms with Crippen molar-refractivity contribution in [3.05, 3.63) is 238 Å². The smallest absolute Gasteiger partial charge is 0.236 e. The number of aryl methyl sites for hydroxylation is 4. The molecule has 1 aliphatic carbocycles. The molecular weight excluding hydrogens is 825 g/mol. The zero-order valence-corrected chi connectivity index (χ0v) is 38.9. The van der Waals surface area contributed by atoms with E-state index in [9.17, 15) is 10.2 Å². The number of nitrogens with one attached hydrogen (secondary N) is 2. The maximum absolute atomic E-state index is 15.5. The summed E-state index contributed by atoms with van der Waals surface area (Å²) in [7, 11) is 0. The minimum Gasteiger partial charge on any atom is -0.387 e. The molecule has 0 spiro atoms. The lowest BCUT2D eigenvalue weighted by Gasteiger charge is -2.40. The fourth-order valence-electron chi connectivity index (χ4n) is 10.3. The first-order valence-corrected chi connectivity index (χ1v) is 23.6. The third-order valence-corrected chi connectivity index (χ3v) is 14.5. The molecule has 338 valence electrons. The number of carbonyl (C=O) groups excluding carboxylic acids is 2. The quantitative estimate of drug-likeness (QED) is 0.0727. The summed E-state index contributed by atoms with van der Waals surface area (Å²) >= 11 is 0. The minimum absolute atomic E-state index is 0.245. The Bertz CT molecular complexity index is 2780. The Balaban J connectivity index is 1.15. The molecule has 6 heteroatoms. The Labute approximate surface area is 394 Å². The molecule has 1 saturated carbocycles. The first-order chi connectivity index (χ1) is 32.4. The van der Waals surface area contributed by atoms with Gasteiger partial charge in [-0.05, 0) is 118 Å². The number of fused-ring (bicyclic) bond motifs is 2. The highest BCUT2D eigenvalue weighted by atomic mass is 16.3. The van der Waals surface area contributed by atoms with Crippen LogP contribution in [0.5, 0.6) is 0 Å². The second-order valence-electron chi connectivity index (χ2n) is 19.2. The molecule has 4 N–H and O–H groups in total. The summed E-state index contributed by atoms with van der Waals surface area (Å²) in [6, 6.07) is 58.5. The van der Waals surface area contributed by atoms with E-state index in [2.05, 4.69) is 10.6 Å². The molecule has 0 bridgehead atoms. The van der Waals surface area contributed by atoms with Crippen molar-refractivity contribution in [2.45, 2.75) is 89.5 Å². The maximum Gasteiger partial charge on any atom is 0.236 e. The fourth-order valence-corrected chi connectivity index (χ4v) is 10.3. The van der Waals surface area contributed by atoms with Crippen molar-refractivity contribution < 1.29 is 19.8 Å². The third-order valence-electron chi connectivity index (χ3n) is 14.5. The topological polar surface area (TPSA) is 98.7 Å². The second-order valence-corrected chi connectivity index (χ2v) is 19.2. The Hall–Kier alpha value is -6.86. The van der Waals surface area contributed by atoms with E-state index in [0.717, 1.165) is 77.2 Å². The van der Waals surface area contributed by atoms with E-state index in [0.29, 0.717) is 12.8 Å². The van der Waals surface area contributed by atoms with Crippen LogP contribution in [-0.2, 0) is 35.3 Å². The van der Waals surface area contributed by atoms with Gasteiger partial charge in [0.25, 0.3) is 0 Å². The molecule has 2 amide bonds. The molecule has 8 aromatic rings. The molecule has 6 nitrogen and oxygen atoms in total. The largest absolute Gasteiger partial charge is 0.387 e. The van der Waals surface area contributed by atoms with Gasteiger partial charge in [-0.15, -0.1) is 0 Å². The first-order valence-electron chi connectivity index (χ1n) is 23.6. The molecule has 2 atom stereocenters. The number of hydrogen-bond donors (Lipinski definition) is 4. The molecule has 0 heterocycles. The van der Waals surface area contributed by atoms with Crippen molar-refractivity contribution >= 4 is 33.4 Å². The van der Waals surface area contributed by atoms with Crippen molar-refractivity contribution in [1.29, 1.82) is 0 Å². The van der Waals surface area contributed by atoms with E-state index in [-0.39, 0.29) is 25.7 Å². The van der Waals surface area contributed by atoms with Gasteiger partial charge < -0.3 is 20.8 Å². The molecule has 9 rings (SSSR count). The zero-order chi connectivity index (χ0) is 46.8. The van der Waals surface area contributed by atoms with E-state index >= 15 is 9.59 Å². The Morgan fingerprint density at radius 2 is 0.716 bits per heavy atom. The lowest BCUT2D eigenvalue weighted by Crippen LogP contribution is -2.55. The summed E-state index contributed by atoms with van der Waals surface area (Å²) in [5, 5.41) is 37.7. The highest BCUT2D eigenvalue weighted by Crippen LogP contribution is 2.49. The van der Waals surface area contributed by atoms with Crippen molar-refractivity contribution in [3.8, 4) is 0 Å². The van der Waals surface area contributed by atoms with Gasteiger partial charge >= 0.3 is 0 Å². The van der Waals surface area contributed by atoms with Gasteiger partial charge in [-0.2, -0.15) is 0 Å². The molecule has 1 fully saturated rings. The predicted molar refractivity (Wildman–Crippen MR) is 271 cm³/mol. The number of hydrogen-bond acceptors (Lipinski definition) is 4. The Kier molecular flexibility index (Phi) is 12.7. The standard InChI is InChI=1S/C61H60N2O4/c1-41-19-5-9-25-47(41)37-60(66,38-48-26-10-6-20-42(48)2)55(53-33-17-29-45-23-13-15-31-51(45)53)62-57(64)59(35-36-59)58(65)63-56(54-34-18-30-46-24-14-16-32-52(46)54)61(67,39-49-27-11-7-21-43(49)3)40-50-28-12-8-22-44(50)4/h5-34,55-56,66-67H,35-40H2,1-4H3,(H,62,64)(H,63,65)/t55-,56-/m0/s1. The second kappa shape index (κ2) is 18.8. The van der Waals surface area contributed by atoms with Crippen LogP contribution in [0.25, 0.3) is 21.5 Å². The van der Waals surface area contributed by atoms with Gasteiger partial charge in [0.05, 0.1) is 23.3 Å². The molecular formula is C61H60N2O4. The van der Waals surface area contributed by atoms with Crippen LogP contribution in [0.15, 0.2) is 182 Å². The van der Waals surface area contributed by atoms with Crippen LogP contribution >= 0.6 is 0 Å². The molecule has 8 aromatic carbocycles. The molecule has 67 heavy (non-hydrogen) atoms. The van der Waals surface area contributed by atoms with Crippen LogP contribution in [0, 0.1) is 33.1 Å². The van der Waals surface area contributed by atoms with E-state index in [4.69, 9.17) is 0 Å². The number of carbonyl (C=O) groups is 2. The highest BCUT2D eigenvalue weighted by molar-refractivity contribution is 6.08. The summed E-state index contributed by atoms with van der Waals surface area (Å²) in [6.45, 7) is 8.18. The SMILES string of the molecule is Cc1ccccc1CC(O)(Cc1ccccc1C)[C@@H](NC(=O)C1(C(=O)N[C@@H](c2cccc3ccccc23)C(O)(Cc2ccccc2C)Cc2ccccc2C)CC1)c1cccc2ccccc12. The summed E-state index contributed by atoms with van der Waals surface area (Å²) < 4.78 is 0. The molecule has 0 saturated heterocycles. The van der Waals surface area contributed by atoms with Gasteiger partial charge in [0.15, 0.2) is 0 Å². The normalized spacial score (nSPS) is 14.4. The van der Waals surface area contributed by atoms with E-state index in [1.807, 2.05) is 210 Å². The number of amides is 2. The van der Waals surface area contributed by atoms with Gasteiger partial charge in [0.1, 0.15) is 5.41 Å². The van der Waals surface area contributed by atoms with Crippen molar-refractivity contribution in [3.63, 3.8) is 0 Å². The van der Waals surface area contributed by atoms with Crippen LogP contribution in [0.1, 0.15) is 80.6 Å². The third kappa shape index (κ3) is 9.29. The molecule has 0 radical (unpaired) electrons. The van der Waals surface area contributed by atoms with E-state index in [1.54, 1.807) is 0 Å². The average Bonchev–Trinajstić information content (AvgIpc) is 4.15. The molecule has 0 aromatic heterocycles. The summed E-state index contributed by atoms with van der Waals surface area (Å²) in [5.41, 5.74) is 5.02. The Morgan fingerprint density at radius 3 is 1.03 bits per heavy atom. The molecule has 0 unspecified atom stereocenters. The summed E-state index contributed by atoms with van der Waals surface area (Å²) in [6.07, 6.45) is 1.61. The average molecular weight is 885 g/mol. The van der Waals surface area contributed by atoms with Crippen LogP contribution in [0.4, 0.5) is 0 Å². The van der Waals surface area contributed by atoms with Crippen LogP contribution < -0.4 is 10.6 Å². The van der Waals surface area contributed by atoms with Gasteiger partial charge in [0.2, 0.25) is 11.8 Å². The fraction of sp³-hybridized carbons (Fsp3) is 0.246. The summed E-state index contributed by atoms with van der Waals surface area (Å²) in [5.74, 6) is -0.900. The van der Waals surface area contributed by atoms with Crippen molar-refractivity contribution in [2.75, 3.05) is 0 Å². The Morgan fingerprint density at radius 1 is 0.433 bits per heavy atom. The molecule has 0 aliphatic heterocycles. The lowest BCUT2D eigenvalue weighted by molar-refractivity contribution is -0.141. The van der Waals surface area contributed by atoms with E-state index in [1.165, 1.54) is 0 Å². The number of aliphatic hydroxyl groups is 2. The number of rotatable bonds is 16. The van der Waals surface area contributed by atoms with E-state index < -0.39 is 40.5 Å². The summed E-state index contributed by atoms with van der Waals surface area (Å²) in [4.78, 5) is 31.0. The molecule has 1 aliphatic rings. The highest BCUT2D eigenvalue weighted by Gasteiger charge is 2.59. The predicted octanol–water partition coefficient (Wildman–Crippen LogP) is 11.5. The minimum atomic E-state index is -1.54. The monoisotopic (exact) mass is 884 g/mol. The first kappa shape index (κ1) is 45.3. The van der Waals surface area contributed by atoms with Crippen LogP contribution in [0.3, 0.4) is 0 Å². The lowest BCUT2D eigenvalue weighted by atomic mass is 9.76. The van der Waals surface area contributed by atoms with Gasteiger partial charge in [-0.1, -0.05) is 182 Å². The van der Waals surface area contributed by atoms with Crippen molar-refractivity contribution in [2.24, 2.45) is 5.41 Å². The van der Waals surface area contributed by atoms with Gasteiger partial charge in [-0.3, -0.25) is 9.59 Å². The number of benzene rings is 8. The van der Waals surface area contributed by atoms with Crippen LogP contribution in [0.2, 0.25) is 0 Å². The van der Waals surface area contributed by atoms with Crippen molar-refractivity contribution in [1.82, 2.24) is 10.6 Å². The maximum atomic E-state index is 15.5. The zero-order valence-electron chi connectivity index (χ0n) is 38.9. The van der Waals surface area contributed by atoms with Crippen LogP contribution in [-0.4, -0.2) is 33.2 Å².